The molecule has 2 saturated heterocycles. The molecule has 3 N–H and O–H groups in total. The summed E-state index contributed by atoms with van der Waals surface area (Å²) in [5, 5.41) is 0. The molecule has 1 aromatic rings. The van der Waals surface area contributed by atoms with E-state index in [0.717, 1.165) is 12.8 Å². The fraction of sp³-hybridized carbons (Fsp3) is 0.562. The van der Waals surface area contributed by atoms with Gasteiger partial charge < -0.3 is 0 Å². The molecule has 0 spiro atoms. The number of amides is 1. The fourth-order valence-electron chi connectivity index (χ4n) is 4.08. The van der Waals surface area contributed by atoms with Crippen LogP contribution in [0.2, 0.25) is 0 Å². The third-order valence-corrected chi connectivity index (χ3v) is 5.22. The standard InChI is InChI=1S/C16H23N3O/c1-10-3-5-11(6-4-10)13-9-12-7-8-14(19(12)2)15(13)16(20)18-17/h3-6,12-15H,7-9,17H2,1-2H3,(H,18,20)/t12-,13-,14?,15?/m1/s1. The molecule has 108 valence electrons. The first kappa shape index (κ1) is 13.6. The molecule has 2 bridgehead atoms. The van der Waals surface area contributed by atoms with E-state index < -0.39 is 0 Å². The highest BCUT2D eigenvalue weighted by atomic mass is 16.2. The lowest BCUT2D eigenvalue weighted by molar-refractivity contribution is -0.129. The summed E-state index contributed by atoms with van der Waals surface area (Å²) in [6.45, 7) is 2.09. The van der Waals surface area contributed by atoms with Crippen molar-refractivity contribution in [1.82, 2.24) is 10.3 Å². The lowest BCUT2D eigenvalue weighted by atomic mass is 9.75. The van der Waals surface area contributed by atoms with E-state index in [1.165, 1.54) is 17.5 Å². The summed E-state index contributed by atoms with van der Waals surface area (Å²) < 4.78 is 0. The normalized spacial score (nSPS) is 33.1. The van der Waals surface area contributed by atoms with Crippen LogP contribution in [-0.4, -0.2) is 29.9 Å². The number of nitrogens with zero attached hydrogens (tertiary/aromatic N) is 1. The van der Waals surface area contributed by atoms with Gasteiger partial charge in [-0.15, -0.1) is 0 Å². The molecule has 1 aromatic carbocycles. The molecule has 20 heavy (non-hydrogen) atoms. The predicted octanol–water partition coefficient (Wildman–Crippen LogP) is 1.55. The minimum Gasteiger partial charge on any atom is -0.300 e. The van der Waals surface area contributed by atoms with Crippen LogP contribution in [0.15, 0.2) is 24.3 Å². The summed E-state index contributed by atoms with van der Waals surface area (Å²) in [6.07, 6.45) is 3.34. The quantitative estimate of drug-likeness (QED) is 0.488. The molecule has 2 unspecified atom stereocenters. The van der Waals surface area contributed by atoms with Crippen molar-refractivity contribution in [2.75, 3.05) is 7.05 Å². The Labute approximate surface area is 120 Å². The molecular formula is C16H23N3O. The number of aryl methyl sites for hydroxylation is 1. The van der Waals surface area contributed by atoms with E-state index in [1.807, 2.05) is 0 Å². The van der Waals surface area contributed by atoms with Gasteiger partial charge in [0.15, 0.2) is 0 Å². The number of hydrazine groups is 1. The van der Waals surface area contributed by atoms with Crippen LogP contribution in [-0.2, 0) is 4.79 Å². The minimum atomic E-state index is -0.0357. The zero-order chi connectivity index (χ0) is 14.3. The smallest absolute Gasteiger partial charge is 0.239 e. The highest BCUT2D eigenvalue weighted by Crippen LogP contribution is 2.46. The van der Waals surface area contributed by atoms with Gasteiger partial charge in [-0.3, -0.25) is 15.1 Å². The minimum absolute atomic E-state index is 0.0206. The molecule has 0 aromatic heterocycles. The van der Waals surface area contributed by atoms with E-state index in [4.69, 9.17) is 5.84 Å². The summed E-state index contributed by atoms with van der Waals surface area (Å²) >= 11 is 0. The number of nitrogens with two attached hydrogens (primary N) is 1. The zero-order valence-corrected chi connectivity index (χ0v) is 12.2. The monoisotopic (exact) mass is 273 g/mol. The van der Waals surface area contributed by atoms with E-state index in [1.54, 1.807) is 0 Å². The first-order valence-electron chi connectivity index (χ1n) is 7.40. The molecule has 0 saturated carbocycles. The Morgan fingerprint density at radius 1 is 1.30 bits per heavy atom. The van der Waals surface area contributed by atoms with Crippen molar-refractivity contribution in [3.63, 3.8) is 0 Å². The van der Waals surface area contributed by atoms with E-state index in [2.05, 4.69) is 48.6 Å². The van der Waals surface area contributed by atoms with Crippen LogP contribution in [0.25, 0.3) is 0 Å². The van der Waals surface area contributed by atoms with Gasteiger partial charge in [0.2, 0.25) is 5.91 Å². The molecule has 4 heteroatoms. The molecule has 2 aliphatic heterocycles. The topological polar surface area (TPSA) is 58.4 Å². The summed E-state index contributed by atoms with van der Waals surface area (Å²) in [4.78, 5) is 14.7. The molecule has 1 amide bonds. The molecule has 4 nitrogen and oxygen atoms in total. The number of rotatable bonds is 2. The number of benzene rings is 1. The maximum absolute atomic E-state index is 12.3. The number of carbonyl (C=O) groups excluding carboxylic acids is 1. The van der Waals surface area contributed by atoms with Crippen molar-refractivity contribution < 1.29 is 4.79 Å². The number of nitrogens with one attached hydrogen (secondary N) is 1. The zero-order valence-electron chi connectivity index (χ0n) is 12.2. The summed E-state index contributed by atoms with van der Waals surface area (Å²) in [6, 6.07) is 9.53. The van der Waals surface area contributed by atoms with Crippen LogP contribution in [0.3, 0.4) is 0 Å². The lowest BCUT2D eigenvalue weighted by Crippen LogP contribution is -2.52. The van der Waals surface area contributed by atoms with E-state index in [-0.39, 0.29) is 17.7 Å². The second-order valence-electron chi connectivity index (χ2n) is 6.25. The first-order chi connectivity index (χ1) is 9.61. The van der Waals surface area contributed by atoms with Crippen LogP contribution >= 0.6 is 0 Å². The molecule has 0 aliphatic carbocycles. The Morgan fingerprint density at radius 2 is 2.00 bits per heavy atom. The highest BCUT2D eigenvalue weighted by molar-refractivity contribution is 5.80. The van der Waals surface area contributed by atoms with Gasteiger partial charge in [0.25, 0.3) is 0 Å². The van der Waals surface area contributed by atoms with Crippen LogP contribution in [0.1, 0.15) is 36.3 Å². The van der Waals surface area contributed by atoms with Crippen molar-refractivity contribution in [2.45, 2.75) is 44.2 Å². The van der Waals surface area contributed by atoms with Crippen LogP contribution < -0.4 is 11.3 Å². The molecule has 3 rings (SSSR count). The molecule has 2 aliphatic rings. The summed E-state index contributed by atoms with van der Waals surface area (Å²) in [5.74, 6) is 5.65. The number of carbonyl (C=O) groups is 1. The van der Waals surface area contributed by atoms with Gasteiger partial charge in [0.1, 0.15) is 0 Å². The third kappa shape index (κ3) is 2.13. The molecule has 4 atom stereocenters. The molecule has 2 fully saturated rings. The third-order valence-electron chi connectivity index (χ3n) is 5.22. The Hall–Kier alpha value is -1.39. The average molecular weight is 273 g/mol. The lowest BCUT2D eigenvalue weighted by Gasteiger charge is -2.42. The van der Waals surface area contributed by atoms with Gasteiger partial charge in [-0.25, -0.2) is 5.84 Å². The second-order valence-corrected chi connectivity index (χ2v) is 6.25. The highest BCUT2D eigenvalue weighted by Gasteiger charge is 2.48. The van der Waals surface area contributed by atoms with E-state index in [0.29, 0.717) is 12.1 Å². The molecular weight excluding hydrogens is 250 g/mol. The SMILES string of the molecule is Cc1ccc([C@H]2C[C@H]3CCC(C2C(=O)NN)N3C)cc1. The van der Waals surface area contributed by atoms with Gasteiger partial charge in [-0.1, -0.05) is 29.8 Å². The Kier molecular flexibility index (Phi) is 3.52. The van der Waals surface area contributed by atoms with Gasteiger partial charge in [0, 0.05) is 12.1 Å². The maximum Gasteiger partial charge on any atom is 0.239 e. The van der Waals surface area contributed by atoms with Crippen LogP contribution in [0, 0.1) is 12.8 Å². The number of fused-ring (bicyclic) bond motifs is 2. The average Bonchev–Trinajstić information content (AvgIpc) is 2.70. The number of piperidine rings is 1. The number of hydrogen-bond donors (Lipinski definition) is 2. The van der Waals surface area contributed by atoms with E-state index in [9.17, 15) is 4.79 Å². The van der Waals surface area contributed by atoms with Crippen molar-refractivity contribution in [3.05, 3.63) is 35.4 Å². The molecule has 2 heterocycles. The van der Waals surface area contributed by atoms with Crippen molar-refractivity contribution in [3.8, 4) is 0 Å². The van der Waals surface area contributed by atoms with Crippen molar-refractivity contribution >= 4 is 5.91 Å². The summed E-state index contributed by atoms with van der Waals surface area (Å²) in [5.41, 5.74) is 4.91. The number of hydrogen-bond acceptors (Lipinski definition) is 3. The Bertz CT molecular complexity index is 499. The summed E-state index contributed by atoms with van der Waals surface area (Å²) in [7, 11) is 2.14. The van der Waals surface area contributed by atoms with Gasteiger partial charge in [0.05, 0.1) is 5.92 Å². The van der Waals surface area contributed by atoms with Gasteiger partial charge in [-0.2, -0.15) is 0 Å². The van der Waals surface area contributed by atoms with Crippen LogP contribution in [0.4, 0.5) is 0 Å². The Balaban J connectivity index is 1.95. The fourth-order valence-corrected chi connectivity index (χ4v) is 4.08. The van der Waals surface area contributed by atoms with Crippen molar-refractivity contribution in [2.24, 2.45) is 11.8 Å². The van der Waals surface area contributed by atoms with Crippen LogP contribution in [0.5, 0.6) is 0 Å². The predicted molar refractivity (Wildman–Crippen MR) is 78.9 cm³/mol. The largest absolute Gasteiger partial charge is 0.300 e. The molecule has 0 radical (unpaired) electrons. The maximum atomic E-state index is 12.3. The second kappa shape index (κ2) is 5.19. The Morgan fingerprint density at radius 3 is 2.65 bits per heavy atom. The van der Waals surface area contributed by atoms with Gasteiger partial charge in [-0.05, 0) is 44.7 Å². The van der Waals surface area contributed by atoms with E-state index >= 15 is 0 Å². The van der Waals surface area contributed by atoms with Gasteiger partial charge >= 0.3 is 0 Å². The van der Waals surface area contributed by atoms with Crippen molar-refractivity contribution in [1.29, 1.82) is 0 Å². The first-order valence-corrected chi connectivity index (χ1v) is 7.40.